The molecule has 0 unspecified atom stereocenters. The molecule has 0 amide bonds. The van der Waals surface area contributed by atoms with Crippen molar-refractivity contribution in [2.45, 2.75) is 6.04 Å². The summed E-state index contributed by atoms with van der Waals surface area (Å²) in [5, 5.41) is 0. The first kappa shape index (κ1) is 21.0. The normalized spacial score (nSPS) is 15.4. The van der Waals surface area contributed by atoms with E-state index in [9.17, 15) is 4.79 Å². The highest BCUT2D eigenvalue weighted by Gasteiger charge is 2.22. The molecule has 0 N–H and O–H groups in total. The second kappa shape index (κ2) is 8.92. The van der Waals surface area contributed by atoms with Gasteiger partial charge in [-0.2, -0.15) is 0 Å². The van der Waals surface area contributed by atoms with E-state index >= 15 is 0 Å². The van der Waals surface area contributed by atoms with Crippen LogP contribution >= 0.6 is 11.3 Å². The molecule has 1 aliphatic heterocycles. The summed E-state index contributed by atoms with van der Waals surface area (Å²) in [7, 11) is 3.28. The van der Waals surface area contributed by atoms with Crippen LogP contribution in [0.15, 0.2) is 94.7 Å². The zero-order valence-corrected chi connectivity index (χ0v) is 19.1. The number of nitrogens with zero attached hydrogens (tertiary/aromatic N) is 2. The number of hydrogen-bond acceptors (Lipinski definition) is 5. The van der Waals surface area contributed by atoms with E-state index in [0.717, 1.165) is 33.9 Å². The molecule has 0 saturated carbocycles. The largest absolute Gasteiger partial charge is 0.497 e. The molecule has 4 aromatic rings. The van der Waals surface area contributed by atoms with Gasteiger partial charge in [-0.1, -0.05) is 65.9 Å². The van der Waals surface area contributed by atoms with E-state index in [1.54, 1.807) is 18.8 Å². The van der Waals surface area contributed by atoms with Gasteiger partial charge >= 0.3 is 0 Å². The van der Waals surface area contributed by atoms with Gasteiger partial charge in [-0.05, 0) is 53.1 Å². The molecule has 0 radical (unpaired) electrons. The number of hydrogen-bond donors (Lipinski definition) is 0. The van der Waals surface area contributed by atoms with Crippen molar-refractivity contribution >= 4 is 23.1 Å². The zero-order chi connectivity index (χ0) is 22.8. The summed E-state index contributed by atoms with van der Waals surface area (Å²) >= 11 is 1.40. The highest BCUT2D eigenvalue weighted by Crippen LogP contribution is 2.28. The van der Waals surface area contributed by atoms with Gasteiger partial charge in [0.2, 0.25) is 0 Å². The predicted octanol–water partition coefficient (Wildman–Crippen LogP) is 4.02. The highest BCUT2D eigenvalue weighted by molar-refractivity contribution is 7.07. The fourth-order valence-electron chi connectivity index (χ4n) is 3.84. The summed E-state index contributed by atoms with van der Waals surface area (Å²) in [4.78, 5) is 19.0. The fourth-order valence-corrected chi connectivity index (χ4v) is 4.86. The number of aromatic nitrogens is 1. The number of fused-ring (bicyclic) bond motifs is 1. The van der Waals surface area contributed by atoms with E-state index < -0.39 is 0 Å². The maximum Gasteiger partial charge on any atom is 0.271 e. The molecule has 164 valence electrons. The van der Waals surface area contributed by atoms with Crippen LogP contribution in [0.3, 0.4) is 0 Å². The van der Waals surface area contributed by atoms with Crippen molar-refractivity contribution in [1.29, 1.82) is 0 Å². The third-order valence-electron chi connectivity index (χ3n) is 5.59. The van der Waals surface area contributed by atoms with E-state index in [1.807, 2.05) is 84.9 Å². The Morgan fingerprint density at radius 2 is 1.52 bits per heavy atom. The Morgan fingerprint density at radius 1 is 0.879 bits per heavy atom. The van der Waals surface area contributed by atoms with Gasteiger partial charge in [0.25, 0.3) is 5.56 Å². The summed E-state index contributed by atoms with van der Waals surface area (Å²) in [6.07, 6.45) is 3.95. The Bertz CT molecular complexity index is 1480. The number of ether oxygens (including phenoxy) is 2. The van der Waals surface area contributed by atoms with Crippen LogP contribution in [-0.2, 0) is 0 Å². The van der Waals surface area contributed by atoms with Gasteiger partial charge in [0.05, 0.1) is 30.5 Å². The molecule has 0 fully saturated rings. The molecule has 0 spiro atoms. The van der Waals surface area contributed by atoms with Crippen molar-refractivity contribution < 1.29 is 9.47 Å². The molecule has 33 heavy (non-hydrogen) atoms. The molecule has 6 heteroatoms. The zero-order valence-electron chi connectivity index (χ0n) is 18.3. The Labute approximate surface area is 195 Å². The lowest BCUT2D eigenvalue weighted by atomic mass is 10.0. The standard InChI is InChI=1S/C27H22N2O3S/c1-31-21-12-8-18(9-13-21)16-25-26(30)29-24(20-10-14-22(32-2)15-11-20)17-23(28-27(29)33-25)19-6-4-3-5-7-19/h3-17,24H,1-2H3/b25-16-/t24-/m0/s1. The maximum atomic E-state index is 13.5. The van der Waals surface area contributed by atoms with E-state index in [4.69, 9.17) is 14.5 Å². The first-order chi connectivity index (χ1) is 16.2. The second-order valence-corrected chi connectivity index (χ2v) is 8.60. The first-order valence-corrected chi connectivity index (χ1v) is 11.3. The average Bonchev–Trinajstić information content (AvgIpc) is 3.19. The van der Waals surface area contributed by atoms with Crippen LogP contribution in [-0.4, -0.2) is 18.8 Å². The third kappa shape index (κ3) is 4.13. The summed E-state index contributed by atoms with van der Waals surface area (Å²) in [5.74, 6) is 1.55. The van der Waals surface area contributed by atoms with E-state index in [1.165, 1.54) is 11.3 Å². The van der Waals surface area contributed by atoms with Gasteiger partial charge in [-0.3, -0.25) is 9.36 Å². The van der Waals surface area contributed by atoms with Crippen LogP contribution in [0, 0.1) is 0 Å². The quantitative estimate of drug-likeness (QED) is 0.458. The smallest absolute Gasteiger partial charge is 0.271 e. The second-order valence-electron chi connectivity index (χ2n) is 7.59. The Balaban J connectivity index is 1.68. The molecule has 1 aliphatic rings. The van der Waals surface area contributed by atoms with Crippen molar-refractivity contribution in [2.75, 3.05) is 14.2 Å². The Hall–Kier alpha value is -3.90. The molecule has 1 aromatic heterocycles. The van der Waals surface area contributed by atoms with Crippen molar-refractivity contribution in [3.63, 3.8) is 0 Å². The summed E-state index contributed by atoms with van der Waals surface area (Å²) in [6.45, 7) is 0. The monoisotopic (exact) mass is 454 g/mol. The molecule has 0 saturated heterocycles. The van der Waals surface area contributed by atoms with Crippen LogP contribution < -0.4 is 24.4 Å². The molecule has 5 rings (SSSR count). The lowest BCUT2D eigenvalue weighted by Crippen LogP contribution is -2.36. The number of thiazole rings is 1. The predicted molar refractivity (Wildman–Crippen MR) is 131 cm³/mol. The van der Waals surface area contributed by atoms with Gasteiger partial charge in [-0.25, -0.2) is 4.99 Å². The molecule has 0 aliphatic carbocycles. The fraction of sp³-hybridized carbons (Fsp3) is 0.111. The minimum Gasteiger partial charge on any atom is -0.497 e. The molecular weight excluding hydrogens is 432 g/mol. The number of benzene rings is 3. The topological polar surface area (TPSA) is 52.8 Å². The molecule has 5 nitrogen and oxygen atoms in total. The minimum absolute atomic E-state index is 0.0567. The van der Waals surface area contributed by atoms with Crippen LogP contribution in [0.5, 0.6) is 11.5 Å². The first-order valence-electron chi connectivity index (χ1n) is 10.5. The highest BCUT2D eigenvalue weighted by atomic mass is 32.1. The lowest BCUT2D eigenvalue weighted by molar-refractivity contribution is 0.414. The number of methoxy groups -OCH3 is 2. The molecule has 3 aromatic carbocycles. The average molecular weight is 455 g/mol. The Morgan fingerprint density at radius 3 is 2.15 bits per heavy atom. The maximum absolute atomic E-state index is 13.5. The van der Waals surface area contributed by atoms with E-state index in [2.05, 4.69) is 6.08 Å². The summed E-state index contributed by atoms with van der Waals surface area (Å²) < 4.78 is 13.0. The van der Waals surface area contributed by atoms with E-state index in [-0.39, 0.29) is 11.6 Å². The van der Waals surface area contributed by atoms with Crippen molar-refractivity contribution in [3.8, 4) is 11.5 Å². The third-order valence-corrected chi connectivity index (χ3v) is 6.57. The number of allylic oxidation sites excluding steroid dienone is 1. The molecule has 0 bridgehead atoms. The van der Waals surface area contributed by atoms with Gasteiger partial charge in [0, 0.05) is 0 Å². The molecule has 1 atom stereocenters. The number of rotatable bonds is 5. The lowest BCUT2D eigenvalue weighted by Gasteiger charge is -2.20. The van der Waals surface area contributed by atoms with Gasteiger partial charge < -0.3 is 9.47 Å². The van der Waals surface area contributed by atoms with E-state index in [0.29, 0.717) is 9.33 Å². The van der Waals surface area contributed by atoms with Crippen molar-refractivity contribution in [3.05, 3.63) is 121 Å². The molecule has 2 heterocycles. The molecular formula is C27H22N2O3S. The Kier molecular flexibility index (Phi) is 5.67. The van der Waals surface area contributed by atoms with Gasteiger partial charge in [0.1, 0.15) is 11.5 Å². The SMILES string of the molecule is COc1ccc(/C=c2\sc3n(c2=O)[C@H](c2ccc(OC)cc2)C=C(c2ccccc2)N=3)cc1. The van der Waals surface area contributed by atoms with Crippen LogP contribution in [0.25, 0.3) is 11.8 Å². The van der Waals surface area contributed by atoms with Gasteiger partial charge in [-0.15, -0.1) is 0 Å². The van der Waals surface area contributed by atoms with Crippen molar-refractivity contribution in [1.82, 2.24) is 4.57 Å². The van der Waals surface area contributed by atoms with Crippen molar-refractivity contribution in [2.24, 2.45) is 4.99 Å². The minimum atomic E-state index is -0.264. The van der Waals surface area contributed by atoms with Gasteiger partial charge in [0.15, 0.2) is 4.80 Å². The summed E-state index contributed by atoms with van der Waals surface area (Å²) in [5.41, 5.74) is 3.75. The van der Waals surface area contributed by atoms with Crippen LogP contribution in [0.1, 0.15) is 22.7 Å². The van der Waals surface area contributed by atoms with Crippen LogP contribution in [0.4, 0.5) is 0 Å². The summed E-state index contributed by atoms with van der Waals surface area (Å²) in [6, 6.07) is 25.2. The van der Waals surface area contributed by atoms with Crippen LogP contribution in [0.2, 0.25) is 0 Å².